The fourth-order valence-electron chi connectivity index (χ4n) is 7.78. The minimum Gasteiger partial charge on any atom is -0.477 e. The Kier molecular flexibility index (Phi) is 50.2. The Hall–Kier alpha value is -3.53. The fraction of sp³-hybridized carbons (Fsp3) is 0.726. The van der Waals surface area contributed by atoms with Crippen LogP contribution in [0.4, 0.5) is 0 Å². The van der Waals surface area contributed by atoms with Gasteiger partial charge in [0.1, 0.15) is 13.2 Å². The van der Waals surface area contributed by atoms with E-state index in [1.54, 1.807) is 0 Å². The molecular formula is C62H108NO8+. The van der Waals surface area contributed by atoms with Crippen LogP contribution < -0.4 is 0 Å². The van der Waals surface area contributed by atoms with Crippen LogP contribution in [-0.2, 0) is 33.3 Å². The number of esters is 2. The monoisotopic (exact) mass is 995 g/mol. The van der Waals surface area contributed by atoms with Crippen LogP contribution in [0.25, 0.3) is 0 Å². The summed E-state index contributed by atoms with van der Waals surface area (Å²) in [6.07, 6.45) is 66.7. The molecule has 0 aliphatic rings. The third kappa shape index (κ3) is 54.1. The number of unbranched alkanes of at least 4 members (excludes halogenated alkanes) is 23. The van der Waals surface area contributed by atoms with Gasteiger partial charge >= 0.3 is 17.9 Å². The molecule has 0 fully saturated rings. The fourth-order valence-corrected chi connectivity index (χ4v) is 7.78. The number of likely N-dealkylation sites (N-methyl/N-ethyl adjacent to an activating group) is 1. The van der Waals surface area contributed by atoms with Gasteiger partial charge in [0.15, 0.2) is 6.10 Å². The van der Waals surface area contributed by atoms with Crippen LogP contribution >= 0.6 is 0 Å². The molecule has 0 spiro atoms. The summed E-state index contributed by atoms with van der Waals surface area (Å²) in [6, 6.07) is 0. The number of hydrogen-bond acceptors (Lipinski definition) is 7. The number of aliphatic carboxylic acids is 1. The number of allylic oxidation sites excluding steroid dienone is 14. The number of carboxylic acid groups (broad SMARTS) is 1. The second-order valence-corrected chi connectivity index (χ2v) is 20.2. The highest BCUT2D eigenvalue weighted by molar-refractivity contribution is 5.71. The van der Waals surface area contributed by atoms with Crippen molar-refractivity contribution in [2.24, 2.45) is 0 Å². The second kappa shape index (κ2) is 52.8. The molecule has 0 aromatic rings. The lowest BCUT2D eigenvalue weighted by molar-refractivity contribution is -0.870. The van der Waals surface area contributed by atoms with E-state index < -0.39 is 24.3 Å². The molecule has 0 saturated carbocycles. The number of nitrogens with zero attached hydrogens (tertiary/aromatic N) is 1. The van der Waals surface area contributed by atoms with E-state index in [-0.39, 0.29) is 38.6 Å². The van der Waals surface area contributed by atoms with Crippen molar-refractivity contribution in [1.82, 2.24) is 0 Å². The number of carbonyl (C=O) groups excluding carboxylic acids is 2. The zero-order valence-electron chi connectivity index (χ0n) is 46.4. The van der Waals surface area contributed by atoms with Crippen LogP contribution in [0, 0.1) is 0 Å². The van der Waals surface area contributed by atoms with Crippen LogP contribution in [0.2, 0.25) is 0 Å². The maximum Gasteiger partial charge on any atom is 0.361 e. The number of carbonyl (C=O) groups is 3. The largest absolute Gasteiger partial charge is 0.477 e. The Morgan fingerprint density at radius 1 is 0.423 bits per heavy atom. The van der Waals surface area contributed by atoms with E-state index in [1.165, 1.54) is 103 Å². The topological polar surface area (TPSA) is 108 Å². The van der Waals surface area contributed by atoms with Crippen LogP contribution in [0.15, 0.2) is 85.1 Å². The molecule has 9 heteroatoms. The molecule has 0 aromatic heterocycles. The van der Waals surface area contributed by atoms with Gasteiger partial charge in [0.25, 0.3) is 6.29 Å². The molecule has 9 nitrogen and oxygen atoms in total. The number of ether oxygens (including phenoxy) is 4. The molecule has 0 amide bonds. The van der Waals surface area contributed by atoms with Gasteiger partial charge in [-0.15, -0.1) is 0 Å². The summed E-state index contributed by atoms with van der Waals surface area (Å²) in [7, 11) is 5.96. The maximum absolute atomic E-state index is 12.9. The highest BCUT2D eigenvalue weighted by atomic mass is 16.7. The van der Waals surface area contributed by atoms with Gasteiger partial charge in [-0.05, 0) is 83.5 Å². The first-order valence-electron chi connectivity index (χ1n) is 28.8. The van der Waals surface area contributed by atoms with Gasteiger partial charge in [-0.3, -0.25) is 9.59 Å². The summed E-state index contributed by atoms with van der Waals surface area (Å²) < 4.78 is 22.8. The minimum absolute atomic E-state index is 0.182. The predicted molar refractivity (Wildman–Crippen MR) is 299 cm³/mol. The number of rotatable bonds is 52. The Morgan fingerprint density at radius 3 is 1.13 bits per heavy atom. The molecule has 0 aliphatic carbocycles. The molecule has 0 bridgehead atoms. The molecule has 0 radical (unpaired) electrons. The highest BCUT2D eigenvalue weighted by Gasteiger charge is 2.25. The van der Waals surface area contributed by atoms with Crippen molar-refractivity contribution in [1.29, 1.82) is 0 Å². The van der Waals surface area contributed by atoms with Crippen LogP contribution in [0.5, 0.6) is 0 Å². The van der Waals surface area contributed by atoms with Crippen LogP contribution in [-0.4, -0.2) is 87.4 Å². The second-order valence-electron chi connectivity index (χ2n) is 20.2. The number of carboxylic acids is 1. The lowest BCUT2D eigenvalue weighted by Crippen LogP contribution is -2.40. The number of quaternary nitrogens is 1. The zero-order valence-corrected chi connectivity index (χ0v) is 46.4. The summed E-state index contributed by atoms with van der Waals surface area (Å²) in [5, 5.41) is 9.69. The Labute approximate surface area is 436 Å². The SMILES string of the molecule is CC/C=C\C/C=C\C/C=C\C/C=C\CCCCCCCCCCCCCCCCCCCCC(=O)OC(COC(=O)CCCCCCC/C=C\C/C=C\C/C=C\CC)COC(OCC[N+](C)(C)C)C(=O)O. The molecule has 0 heterocycles. The van der Waals surface area contributed by atoms with Gasteiger partial charge in [0.05, 0.1) is 34.4 Å². The van der Waals surface area contributed by atoms with Crippen molar-refractivity contribution < 1.29 is 42.9 Å². The first kappa shape index (κ1) is 67.5. The van der Waals surface area contributed by atoms with Gasteiger partial charge in [0, 0.05) is 12.8 Å². The van der Waals surface area contributed by atoms with Gasteiger partial charge in [0.2, 0.25) is 0 Å². The standard InChI is InChI=1S/C62H107NO8/c1-6-8-10-12-14-16-18-20-22-23-24-25-26-27-28-29-30-31-32-33-34-35-36-37-39-41-43-45-47-49-51-53-60(65)71-58(57-70-62(61(66)67)68-55-54-63(3,4)5)56-69-59(64)52-50-48-46-44-42-40-38-21-19-17-15-13-11-9-7-2/h8-11,14-17,20-22,24-25,38,58,62H,6-7,12-13,18-19,23,26-37,39-57H2,1-5H3/p+1/b10-8-,11-9-,16-14-,17-15-,22-20-,25-24-,38-21-. The van der Waals surface area contributed by atoms with E-state index in [0.29, 0.717) is 11.0 Å². The molecule has 2 atom stereocenters. The Bertz CT molecular complexity index is 1440. The molecule has 408 valence electrons. The van der Waals surface area contributed by atoms with E-state index in [4.69, 9.17) is 18.9 Å². The molecule has 0 aromatic carbocycles. The molecule has 1 N–H and O–H groups in total. The first-order valence-corrected chi connectivity index (χ1v) is 28.8. The highest BCUT2D eigenvalue weighted by Crippen LogP contribution is 2.16. The summed E-state index contributed by atoms with van der Waals surface area (Å²) in [5.41, 5.74) is 0. The Balaban J connectivity index is 4.15. The zero-order chi connectivity index (χ0) is 52.0. The number of hydrogen-bond donors (Lipinski definition) is 1. The van der Waals surface area contributed by atoms with Crippen molar-refractivity contribution in [2.75, 3.05) is 47.5 Å². The molecule has 0 aliphatic heterocycles. The van der Waals surface area contributed by atoms with Crippen molar-refractivity contribution in [3.63, 3.8) is 0 Å². The van der Waals surface area contributed by atoms with E-state index in [9.17, 15) is 19.5 Å². The summed E-state index contributed by atoms with van der Waals surface area (Å²) in [6.45, 7) is 4.64. The third-order valence-corrected chi connectivity index (χ3v) is 12.1. The van der Waals surface area contributed by atoms with Crippen LogP contribution in [0.1, 0.15) is 232 Å². The van der Waals surface area contributed by atoms with E-state index in [2.05, 4.69) is 98.9 Å². The lowest BCUT2D eigenvalue weighted by atomic mass is 10.0. The average Bonchev–Trinajstić information content (AvgIpc) is 3.34. The van der Waals surface area contributed by atoms with Crippen LogP contribution in [0.3, 0.4) is 0 Å². The minimum atomic E-state index is -1.52. The maximum atomic E-state index is 12.9. The normalized spacial score (nSPS) is 13.4. The summed E-state index contributed by atoms with van der Waals surface area (Å²) in [4.78, 5) is 37.4. The van der Waals surface area contributed by atoms with Gasteiger partial charge < -0.3 is 28.5 Å². The smallest absolute Gasteiger partial charge is 0.361 e. The molecular weight excluding hydrogens is 887 g/mol. The van der Waals surface area contributed by atoms with Crippen molar-refractivity contribution in [3.8, 4) is 0 Å². The van der Waals surface area contributed by atoms with E-state index >= 15 is 0 Å². The van der Waals surface area contributed by atoms with E-state index in [0.717, 1.165) is 103 Å². The lowest BCUT2D eigenvalue weighted by Gasteiger charge is -2.25. The molecule has 2 unspecified atom stereocenters. The molecule has 0 rings (SSSR count). The van der Waals surface area contributed by atoms with Crippen molar-refractivity contribution >= 4 is 17.9 Å². The summed E-state index contributed by atoms with van der Waals surface area (Å²) in [5.74, 6) is -2.03. The summed E-state index contributed by atoms with van der Waals surface area (Å²) >= 11 is 0. The predicted octanol–water partition coefficient (Wildman–Crippen LogP) is 16.8. The molecule has 0 saturated heterocycles. The third-order valence-electron chi connectivity index (χ3n) is 12.1. The van der Waals surface area contributed by atoms with Crippen molar-refractivity contribution in [3.05, 3.63) is 85.1 Å². The average molecular weight is 996 g/mol. The van der Waals surface area contributed by atoms with E-state index in [1.807, 2.05) is 21.1 Å². The first-order chi connectivity index (χ1) is 34.6. The van der Waals surface area contributed by atoms with Gasteiger partial charge in [-0.1, -0.05) is 221 Å². The Morgan fingerprint density at radius 2 is 0.761 bits per heavy atom. The molecule has 71 heavy (non-hydrogen) atoms. The quantitative estimate of drug-likeness (QED) is 0.0211. The van der Waals surface area contributed by atoms with Gasteiger partial charge in [-0.25, -0.2) is 4.79 Å². The van der Waals surface area contributed by atoms with Gasteiger partial charge in [-0.2, -0.15) is 0 Å². The van der Waals surface area contributed by atoms with Crippen molar-refractivity contribution in [2.45, 2.75) is 245 Å².